The van der Waals surface area contributed by atoms with Gasteiger partial charge in [0.1, 0.15) is 6.33 Å². The largest absolute Gasteiger partial charge is 0.324 e. The van der Waals surface area contributed by atoms with Crippen molar-refractivity contribution in [1.29, 1.82) is 0 Å². The first-order valence-corrected chi connectivity index (χ1v) is 10.4. The Morgan fingerprint density at radius 2 is 1.83 bits per heavy atom. The number of fused-ring (bicyclic) bond motifs is 1. The lowest BCUT2D eigenvalue weighted by Gasteiger charge is -2.32. The number of carbonyl (C=O) groups is 1. The van der Waals surface area contributed by atoms with Gasteiger partial charge in [-0.05, 0) is 54.7 Å². The van der Waals surface area contributed by atoms with E-state index in [1.54, 1.807) is 6.33 Å². The molecule has 0 spiro atoms. The predicted octanol–water partition coefficient (Wildman–Crippen LogP) is 5.82. The maximum Gasteiger partial charge on any atom is 0.321 e. The number of nitrogens with one attached hydrogen (secondary N) is 1. The Balaban J connectivity index is 1.40. The molecule has 29 heavy (non-hydrogen) atoms. The second-order valence-corrected chi connectivity index (χ2v) is 8.32. The molecule has 1 saturated heterocycles. The summed E-state index contributed by atoms with van der Waals surface area (Å²) < 4.78 is 0. The van der Waals surface area contributed by atoms with E-state index in [0.29, 0.717) is 29.9 Å². The lowest BCUT2D eigenvalue weighted by atomic mass is 9.91. The minimum atomic E-state index is -0.0416. The van der Waals surface area contributed by atoms with Crippen LogP contribution < -0.4 is 5.32 Å². The molecule has 0 bridgehead atoms. The molecule has 1 aromatic heterocycles. The summed E-state index contributed by atoms with van der Waals surface area (Å²) in [5, 5.41) is 4.74. The van der Waals surface area contributed by atoms with Crippen LogP contribution in [0.25, 0.3) is 10.9 Å². The van der Waals surface area contributed by atoms with Gasteiger partial charge < -0.3 is 10.2 Å². The first kappa shape index (κ1) is 19.6. The van der Waals surface area contributed by atoms with E-state index in [1.165, 1.54) is 5.56 Å². The van der Waals surface area contributed by atoms with E-state index < -0.39 is 0 Å². The third kappa shape index (κ3) is 4.35. The Kier molecular flexibility index (Phi) is 5.67. The number of anilines is 1. The van der Waals surface area contributed by atoms with Crippen LogP contribution in [-0.4, -0.2) is 34.0 Å². The van der Waals surface area contributed by atoms with E-state index in [1.807, 2.05) is 35.2 Å². The van der Waals surface area contributed by atoms with Gasteiger partial charge >= 0.3 is 6.03 Å². The van der Waals surface area contributed by atoms with Gasteiger partial charge in [0.2, 0.25) is 0 Å². The van der Waals surface area contributed by atoms with E-state index in [9.17, 15) is 4.79 Å². The summed E-state index contributed by atoms with van der Waals surface area (Å²) in [4.78, 5) is 23.4. The lowest BCUT2D eigenvalue weighted by molar-refractivity contribution is 0.194. The van der Waals surface area contributed by atoms with Crippen LogP contribution in [0.4, 0.5) is 10.5 Å². The number of carbonyl (C=O) groups excluding carboxylic acids is 1. The first-order valence-electron chi connectivity index (χ1n) is 10.1. The Hall–Kier alpha value is -2.66. The van der Waals surface area contributed by atoms with E-state index in [-0.39, 0.29) is 6.03 Å². The fraction of sp³-hybridized carbons (Fsp3) is 0.348. The van der Waals surface area contributed by atoms with Crippen molar-refractivity contribution in [1.82, 2.24) is 14.9 Å². The van der Waals surface area contributed by atoms with Crippen molar-refractivity contribution in [2.45, 2.75) is 38.5 Å². The van der Waals surface area contributed by atoms with Gasteiger partial charge in [0.05, 0.1) is 11.2 Å². The highest BCUT2D eigenvalue weighted by Gasteiger charge is 2.26. The quantitative estimate of drug-likeness (QED) is 0.594. The minimum Gasteiger partial charge on any atom is -0.324 e. The standard InChI is InChI=1S/C23H25ClN4O/c1-15(2)16-3-6-19(7-4-16)27-23(29)28-11-9-17(10-12-28)22-20-8-5-18(24)13-21(20)25-14-26-22/h3-8,13-15,17H,9-12H2,1-2H3,(H,27,29). The number of aromatic nitrogens is 2. The third-order valence-corrected chi connectivity index (χ3v) is 5.86. The molecule has 5 nitrogen and oxygen atoms in total. The van der Waals surface area contributed by atoms with Crippen LogP contribution in [0.1, 0.15) is 49.8 Å². The zero-order chi connectivity index (χ0) is 20.4. The van der Waals surface area contributed by atoms with Gasteiger partial charge in [0, 0.05) is 35.1 Å². The van der Waals surface area contributed by atoms with Gasteiger partial charge in [0.25, 0.3) is 0 Å². The normalized spacial score (nSPS) is 15.1. The maximum absolute atomic E-state index is 12.7. The zero-order valence-corrected chi connectivity index (χ0v) is 17.5. The smallest absolute Gasteiger partial charge is 0.321 e. The minimum absolute atomic E-state index is 0.0416. The summed E-state index contributed by atoms with van der Waals surface area (Å²) in [6, 6.07) is 13.8. The van der Waals surface area contributed by atoms with Crippen LogP contribution in [0, 0.1) is 0 Å². The number of nitrogens with zero attached hydrogens (tertiary/aromatic N) is 3. The number of halogens is 1. The SMILES string of the molecule is CC(C)c1ccc(NC(=O)N2CCC(c3ncnc4cc(Cl)ccc34)CC2)cc1. The summed E-state index contributed by atoms with van der Waals surface area (Å²) in [7, 11) is 0. The summed E-state index contributed by atoms with van der Waals surface area (Å²) in [6.45, 7) is 5.74. The van der Waals surface area contributed by atoms with Gasteiger partial charge in [0.15, 0.2) is 0 Å². The molecule has 2 amide bonds. The summed E-state index contributed by atoms with van der Waals surface area (Å²) >= 11 is 6.09. The fourth-order valence-electron chi connectivity index (χ4n) is 3.89. The monoisotopic (exact) mass is 408 g/mol. The van der Waals surface area contributed by atoms with Gasteiger partial charge in [-0.2, -0.15) is 0 Å². The van der Waals surface area contributed by atoms with Crippen LogP contribution in [0.2, 0.25) is 5.02 Å². The van der Waals surface area contributed by atoms with Gasteiger partial charge in [-0.1, -0.05) is 37.6 Å². The van der Waals surface area contributed by atoms with Crippen molar-refractivity contribution in [3.63, 3.8) is 0 Å². The average molecular weight is 409 g/mol. The molecule has 150 valence electrons. The fourth-order valence-corrected chi connectivity index (χ4v) is 4.05. The number of likely N-dealkylation sites (tertiary alicyclic amines) is 1. The van der Waals surface area contributed by atoms with E-state index >= 15 is 0 Å². The van der Waals surface area contributed by atoms with Crippen molar-refractivity contribution in [2.24, 2.45) is 0 Å². The number of hydrogen-bond acceptors (Lipinski definition) is 3. The third-order valence-electron chi connectivity index (χ3n) is 5.63. The molecule has 1 N–H and O–H groups in total. The Morgan fingerprint density at radius 3 is 2.52 bits per heavy atom. The highest BCUT2D eigenvalue weighted by Crippen LogP contribution is 2.32. The molecular formula is C23H25ClN4O. The number of hydrogen-bond donors (Lipinski definition) is 1. The summed E-state index contributed by atoms with van der Waals surface area (Å²) in [5.41, 5.74) is 4.02. The average Bonchev–Trinajstić information content (AvgIpc) is 2.73. The number of urea groups is 1. The molecule has 1 aliphatic heterocycles. The molecule has 0 aliphatic carbocycles. The molecule has 1 aliphatic rings. The van der Waals surface area contributed by atoms with Crippen molar-refractivity contribution in [3.8, 4) is 0 Å². The molecule has 0 unspecified atom stereocenters. The summed E-state index contributed by atoms with van der Waals surface area (Å²) in [6.07, 6.45) is 3.37. The van der Waals surface area contributed by atoms with E-state index in [4.69, 9.17) is 11.6 Å². The van der Waals surface area contributed by atoms with E-state index in [0.717, 1.165) is 35.1 Å². The molecular weight excluding hydrogens is 384 g/mol. The predicted molar refractivity (Wildman–Crippen MR) is 118 cm³/mol. The lowest BCUT2D eigenvalue weighted by Crippen LogP contribution is -2.40. The molecule has 6 heteroatoms. The maximum atomic E-state index is 12.7. The molecule has 4 rings (SSSR count). The Labute approximate surface area is 176 Å². The molecule has 2 aromatic carbocycles. The van der Waals surface area contributed by atoms with Crippen molar-refractivity contribution < 1.29 is 4.79 Å². The van der Waals surface area contributed by atoms with Crippen LogP contribution in [0.5, 0.6) is 0 Å². The molecule has 0 saturated carbocycles. The number of amides is 2. The second-order valence-electron chi connectivity index (χ2n) is 7.89. The van der Waals surface area contributed by atoms with Crippen LogP contribution in [-0.2, 0) is 0 Å². The van der Waals surface area contributed by atoms with Crippen molar-refractivity contribution >= 4 is 34.2 Å². The highest BCUT2D eigenvalue weighted by molar-refractivity contribution is 6.31. The summed E-state index contributed by atoms with van der Waals surface area (Å²) in [5.74, 6) is 0.795. The molecule has 2 heterocycles. The van der Waals surface area contributed by atoms with Crippen LogP contribution >= 0.6 is 11.6 Å². The Bertz CT molecular complexity index is 1010. The first-order chi connectivity index (χ1) is 14.0. The van der Waals surface area contributed by atoms with E-state index in [2.05, 4.69) is 41.3 Å². The van der Waals surface area contributed by atoms with Gasteiger partial charge in [-0.3, -0.25) is 0 Å². The molecule has 1 fully saturated rings. The zero-order valence-electron chi connectivity index (χ0n) is 16.7. The highest BCUT2D eigenvalue weighted by atomic mass is 35.5. The number of piperidine rings is 1. The second kappa shape index (κ2) is 8.37. The van der Waals surface area contributed by atoms with Gasteiger partial charge in [-0.15, -0.1) is 0 Å². The topological polar surface area (TPSA) is 58.1 Å². The molecule has 0 radical (unpaired) electrons. The molecule has 3 aromatic rings. The van der Waals surface area contributed by atoms with Crippen LogP contribution in [0.3, 0.4) is 0 Å². The van der Waals surface area contributed by atoms with Crippen LogP contribution in [0.15, 0.2) is 48.8 Å². The number of benzene rings is 2. The molecule has 0 atom stereocenters. The number of rotatable bonds is 3. The van der Waals surface area contributed by atoms with Gasteiger partial charge in [-0.25, -0.2) is 14.8 Å². The van der Waals surface area contributed by atoms with Crippen molar-refractivity contribution in [2.75, 3.05) is 18.4 Å². The Morgan fingerprint density at radius 1 is 1.10 bits per heavy atom. The van der Waals surface area contributed by atoms with Crippen molar-refractivity contribution in [3.05, 3.63) is 65.1 Å².